The Morgan fingerprint density at radius 2 is 1.53 bits per heavy atom. The molecule has 2 aliphatic carbocycles. The fourth-order valence-corrected chi connectivity index (χ4v) is 3.56. The Labute approximate surface area is 115 Å². The van der Waals surface area contributed by atoms with E-state index in [1.807, 2.05) is 0 Å². The van der Waals surface area contributed by atoms with Gasteiger partial charge in [0.2, 0.25) is 5.91 Å². The standard InChI is InChI=1S/C15H25NO3/c1-10-6-2-5-9-13(10)16-14(17)11-7-3-4-8-12(11)15(18)19/h10-13H,2-9H2,1H3,(H,16,17)(H,18,19)/t10?,11-,12+,13?/m1/s1. The lowest BCUT2D eigenvalue weighted by Crippen LogP contribution is -2.47. The molecule has 0 saturated heterocycles. The zero-order chi connectivity index (χ0) is 13.8. The predicted octanol–water partition coefficient (Wildman–Crippen LogP) is 2.57. The Balaban J connectivity index is 1.95. The third kappa shape index (κ3) is 3.48. The van der Waals surface area contributed by atoms with Gasteiger partial charge >= 0.3 is 5.97 Å². The van der Waals surface area contributed by atoms with Crippen molar-refractivity contribution in [2.24, 2.45) is 17.8 Å². The van der Waals surface area contributed by atoms with Gasteiger partial charge in [-0.05, 0) is 31.6 Å². The molecule has 4 nitrogen and oxygen atoms in total. The van der Waals surface area contributed by atoms with Crippen LogP contribution in [-0.2, 0) is 9.59 Å². The highest BCUT2D eigenvalue weighted by molar-refractivity contribution is 5.85. The molecule has 0 bridgehead atoms. The zero-order valence-electron chi connectivity index (χ0n) is 11.7. The summed E-state index contributed by atoms with van der Waals surface area (Å²) in [7, 11) is 0. The summed E-state index contributed by atoms with van der Waals surface area (Å²) in [6.07, 6.45) is 7.90. The fraction of sp³-hybridized carbons (Fsp3) is 0.867. The van der Waals surface area contributed by atoms with Gasteiger partial charge in [-0.2, -0.15) is 0 Å². The van der Waals surface area contributed by atoms with Crippen LogP contribution in [0, 0.1) is 17.8 Å². The number of carboxylic acids is 1. The van der Waals surface area contributed by atoms with Gasteiger partial charge in [-0.15, -0.1) is 0 Å². The summed E-state index contributed by atoms with van der Waals surface area (Å²) in [4.78, 5) is 23.6. The number of rotatable bonds is 3. The van der Waals surface area contributed by atoms with Crippen molar-refractivity contribution in [1.82, 2.24) is 5.32 Å². The molecule has 108 valence electrons. The highest BCUT2D eigenvalue weighted by Gasteiger charge is 2.37. The van der Waals surface area contributed by atoms with E-state index in [-0.39, 0.29) is 17.9 Å². The van der Waals surface area contributed by atoms with Gasteiger partial charge in [0.05, 0.1) is 11.8 Å². The van der Waals surface area contributed by atoms with E-state index in [1.54, 1.807) is 0 Å². The van der Waals surface area contributed by atoms with Gasteiger partial charge in [0.1, 0.15) is 0 Å². The first-order valence-electron chi connectivity index (χ1n) is 7.62. The maximum Gasteiger partial charge on any atom is 0.307 e. The van der Waals surface area contributed by atoms with Crippen LogP contribution < -0.4 is 5.32 Å². The molecule has 2 fully saturated rings. The molecule has 2 aliphatic rings. The van der Waals surface area contributed by atoms with Crippen LogP contribution in [0.1, 0.15) is 58.3 Å². The van der Waals surface area contributed by atoms with Crippen molar-refractivity contribution >= 4 is 11.9 Å². The van der Waals surface area contributed by atoms with Crippen LogP contribution in [0.2, 0.25) is 0 Å². The zero-order valence-corrected chi connectivity index (χ0v) is 11.7. The summed E-state index contributed by atoms with van der Waals surface area (Å²) in [6.45, 7) is 2.18. The molecule has 0 aromatic rings. The highest BCUT2D eigenvalue weighted by atomic mass is 16.4. The van der Waals surface area contributed by atoms with Gasteiger partial charge in [-0.1, -0.05) is 32.6 Å². The van der Waals surface area contributed by atoms with Crippen molar-refractivity contribution in [2.75, 3.05) is 0 Å². The Morgan fingerprint density at radius 3 is 2.16 bits per heavy atom. The summed E-state index contributed by atoms with van der Waals surface area (Å²) < 4.78 is 0. The minimum atomic E-state index is -0.809. The fourth-order valence-electron chi connectivity index (χ4n) is 3.56. The van der Waals surface area contributed by atoms with Crippen LogP contribution in [0.4, 0.5) is 0 Å². The average molecular weight is 267 g/mol. The largest absolute Gasteiger partial charge is 0.481 e. The lowest BCUT2D eigenvalue weighted by molar-refractivity contribution is -0.149. The predicted molar refractivity (Wildman–Crippen MR) is 72.6 cm³/mol. The van der Waals surface area contributed by atoms with Crippen LogP contribution in [0.25, 0.3) is 0 Å². The molecule has 2 N–H and O–H groups in total. The first kappa shape index (κ1) is 14.4. The van der Waals surface area contributed by atoms with Crippen molar-refractivity contribution in [1.29, 1.82) is 0 Å². The summed E-state index contributed by atoms with van der Waals surface area (Å²) in [5.74, 6) is -1.11. The molecule has 0 heterocycles. The van der Waals surface area contributed by atoms with Gasteiger partial charge in [-0.25, -0.2) is 0 Å². The van der Waals surface area contributed by atoms with Crippen molar-refractivity contribution in [3.8, 4) is 0 Å². The molecule has 0 aliphatic heterocycles. The Morgan fingerprint density at radius 1 is 0.947 bits per heavy atom. The SMILES string of the molecule is CC1CCCCC1NC(=O)[C@@H]1CCCC[C@@H]1C(=O)O. The summed E-state index contributed by atoms with van der Waals surface area (Å²) in [5.41, 5.74) is 0. The van der Waals surface area contributed by atoms with Crippen molar-refractivity contribution < 1.29 is 14.7 Å². The normalized spacial score (nSPS) is 35.6. The molecule has 19 heavy (non-hydrogen) atoms. The molecule has 0 aromatic carbocycles. The number of carbonyl (C=O) groups is 2. The quantitative estimate of drug-likeness (QED) is 0.826. The summed E-state index contributed by atoms with van der Waals surface area (Å²) in [6, 6.07) is 0.248. The second-order valence-corrected chi connectivity index (χ2v) is 6.21. The van der Waals surface area contributed by atoms with Crippen LogP contribution in [-0.4, -0.2) is 23.0 Å². The minimum Gasteiger partial charge on any atom is -0.481 e. The summed E-state index contributed by atoms with van der Waals surface area (Å²) >= 11 is 0. The van der Waals surface area contributed by atoms with Crippen LogP contribution in [0.15, 0.2) is 0 Å². The number of amides is 1. The third-order valence-corrected chi connectivity index (χ3v) is 4.86. The van der Waals surface area contributed by atoms with Gasteiger partial charge in [0.15, 0.2) is 0 Å². The molecule has 4 heteroatoms. The van der Waals surface area contributed by atoms with E-state index < -0.39 is 11.9 Å². The second-order valence-electron chi connectivity index (χ2n) is 6.21. The van der Waals surface area contributed by atoms with E-state index >= 15 is 0 Å². The van der Waals surface area contributed by atoms with Crippen LogP contribution >= 0.6 is 0 Å². The van der Waals surface area contributed by atoms with Gasteiger partial charge in [0, 0.05) is 6.04 Å². The first-order chi connectivity index (χ1) is 9.09. The molecule has 0 aromatic heterocycles. The number of nitrogens with one attached hydrogen (secondary N) is 1. The molecule has 0 spiro atoms. The Kier molecular flexibility index (Phi) is 4.83. The van der Waals surface area contributed by atoms with Crippen molar-refractivity contribution in [2.45, 2.75) is 64.3 Å². The summed E-state index contributed by atoms with van der Waals surface area (Å²) in [5, 5.41) is 12.4. The van der Waals surface area contributed by atoms with Gasteiger partial charge in [-0.3, -0.25) is 9.59 Å². The van der Waals surface area contributed by atoms with Gasteiger partial charge in [0.25, 0.3) is 0 Å². The monoisotopic (exact) mass is 267 g/mol. The highest BCUT2D eigenvalue weighted by Crippen LogP contribution is 2.31. The Hall–Kier alpha value is -1.06. The van der Waals surface area contributed by atoms with Crippen molar-refractivity contribution in [3.63, 3.8) is 0 Å². The molecular formula is C15H25NO3. The molecule has 0 radical (unpaired) electrons. The second kappa shape index (κ2) is 6.40. The average Bonchev–Trinajstić information content (AvgIpc) is 2.41. The number of carboxylic acid groups (broad SMARTS) is 1. The van der Waals surface area contributed by atoms with E-state index in [0.29, 0.717) is 12.3 Å². The molecule has 2 rings (SSSR count). The van der Waals surface area contributed by atoms with E-state index in [0.717, 1.165) is 32.1 Å². The Bertz CT molecular complexity index is 342. The molecule has 2 unspecified atom stereocenters. The maximum atomic E-state index is 12.4. The van der Waals surface area contributed by atoms with E-state index in [2.05, 4.69) is 12.2 Å². The smallest absolute Gasteiger partial charge is 0.307 e. The maximum absolute atomic E-state index is 12.4. The number of hydrogen-bond donors (Lipinski definition) is 2. The molecular weight excluding hydrogens is 242 g/mol. The lowest BCUT2D eigenvalue weighted by atomic mass is 9.78. The van der Waals surface area contributed by atoms with E-state index in [1.165, 1.54) is 12.8 Å². The number of aliphatic carboxylic acids is 1. The first-order valence-corrected chi connectivity index (χ1v) is 7.62. The molecule has 2 saturated carbocycles. The number of carbonyl (C=O) groups excluding carboxylic acids is 1. The van der Waals surface area contributed by atoms with Crippen LogP contribution in [0.3, 0.4) is 0 Å². The van der Waals surface area contributed by atoms with Crippen LogP contribution in [0.5, 0.6) is 0 Å². The molecule has 1 amide bonds. The molecule has 4 atom stereocenters. The number of hydrogen-bond acceptors (Lipinski definition) is 2. The van der Waals surface area contributed by atoms with Crippen molar-refractivity contribution in [3.05, 3.63) is 0 Å². The third-order valence-electron chi connectivity index (χ3n) is 4.86. The van der Waals surface area contributed by atoms with Gasteiger partial charge < -0.3 is 10.4 Å². The van der Waals surface area contributed by atoms with E-state index in [9.17, 15) is 14.7 Å². The minimum absolute atomic E-state index is 0.0224. The van der Waals surface area contributed by atoms with E-state index in [4.69, 9.17) is 0 Å². The lowest BCUT2D eigenvalue weighted by Gasteiger charge is -2.33. The topological polar surface area (TPSA) is 66.4 Å².